The van der Waals surface area contributed by atoms with E-state index in [1.165, 1.54) is 57.8 Å². The molecule has 1 heterocycles. The molecule has 1 aliphatic heterocycles. The smallest absolute Gasteiger partial charge is 0.320 e. The minimum atomic E-state index is -0.664. The predicted octanol–water partition coefficient (Wildman–Crippen LogP) is 6.63. The van der Waals surface area contributed by atoms with Gasteiger partial charge in [-0.3, -0.25) is 9.59 Å². The van der Waals surface area contributed by atoms with E-state index in [9.17, 15) is 14.7 Å². The summed E-state index contributed by atoms with van der Waals surface area (Å²) in [7, 11) is 0. The van der Waals surface area contributed by atoms with Crippen LogP contribution in [-0.2, 0) is 14.4 Å². The number of carboxylic acid groups (broad SMARTS) is 1. The fourth-order valence-electron chi connectivity index (χ4n) is 7.12. The third kappa shape index (κ3) is 13.1. The van der Waals surface area contributed by atoms with Crippen molar-refractivity contribution in [2.24, 2.45) is 29.6 Å². The number of benzene rings is 1. The number of nitrogens with one attached hydrogen (secondary N) is 3. The molecule has 0 bridgehead atoms. The van der Waals surface area contributed by atoms with Crippen molar-refractivity contribution in [3.8, 4) is 0 Å². The molecule has 0 aromatic heterocycles. The number of carbonyl (C=O) groups excluding carboxylic acids is 1. The maximum atomic E-state index is 12.4. The molecule has 2 saturated carbocycles. The van der Waals surface area contributed by atoms with Crippen LogP contribution in [-0.4, -0.2) is 68.6 Å². The number of anilines is 1. The molecule has 1 amide bonds. The van der Waals surface area contributed by atoms with E-state index in [0.29, 0.717) is 35.8 Å². The van der Waals surface area contributed by atoms with Gasteiger partial charge in [-0.1, -0.05) is 47.0 Å². The Hall–Kier alpha value is -2.20. The lowest BCUT2D eigenvalue weighted by molar-refractivity contribution is -0.163. The average Bonchev–Trinajstić information content (AvgIpc) is 3.08. The number of hydrogen-bond acceptors (Lipinski definition) is 7. The van der Waals surface area contributed by atoms with Gasteiger partial charge in [-0.25, -0.2) is 10.3 Å². The summed E-state index contributed by atoms with van der Waals surface area (Å²) in [4.78, 5) is 32.1. The van der Waals surface area contributed by atoms with Crippen molar-refractivity contribution in [3.05, 3.63) is 29.8 Å². The number of ether oxygens (including phenoxy) is 1. The van der Waals surface area contributed by atoms with Crippen LogP contribution < -0.4 is 21.0 Å². The summed E-state index contributed by atoms with van der Waals surface area (Å²) in [5.74, 6) is 1.81. The van der Waals surface area contributed by atoms with Crippen molar-refractivity contribution in [3.63, 3.8) is 0 Å². The SMILES string of the molecule is CC.CC(C)COC(C)ONC(=O)c1ccc(N2CCC(CNCC3CCC(CNC(C(=O)O)C4CCCCC4)CC3)CC2)cc1. The average molecular weight is 645 g/mol. The molecule has 262 valence electrons. The molecule has 4 rings (SSSR count). The zero-order valence-corrected chi connectivity index (χ0v) is 29.4. The summed E-state index contributed by atoms with van der Waals surface area (Å²) >= 11 is 0. The zero-order chi connectivity index (χ0) is 33.3. The molecule has 0 spiro atoms. The summed E-state index contributed by atoms with van der Waals surface area (Å²) in [5.41, 5.74) is 4.21. The van der Waals surface area contributed by atoms with Crippen LogP contribution in [0.15, 0.2) is 24.3 Å². The van der Waals surface area contributed by atoms with Crippen molar-refractivity contribution in [2.45, 2.75) is 118 Å². The number of nitrogens with zero attached hydrogens (tertiary/aromatic N) is 1. The first-order chi connectivity index (χ1) is 22.3. The highest BCUT2D eigenvalue weighted by molar-refractivity contribution is 5.93. The van der Waals surface area contributed by atoms with Crippen molar-refractivity contribution in [1.29, 1.82) is 0 Å². The molecule has 9 nitrogen and oxygen atoms in total. The highest BCUT2D eigenvalue weighted by Gasteiger charge is 2.30. The minimum Gasteiger partial charge on any atom is -0.480 e. The Kier molecular flexibility index (Phi) is 17.4. The van der Waals surface area contributed by atoms with Gasteiger partial charge in [0.05, 0.1) is 6.61 Å². The second-order valence-electron chi connectivity index (χ2n) is 14.0. The molecule has 3 fully saturated rings. The number of carbonyl (C=O) groups is 2. The maximum absolute atomic E-state index is 12.4. The van der Waals surface area contributed by atoms with Crippen LogP contribution in [0, 0.1) is 29.6 Å². The van der Waals surface area contributed by atoms with Gasteiger partial charge in [-0.05, 0) is 132 Å². The van der Waals surface area contributed by atoms with Crippen LogP contribution >= 0.6 is 0 Å². The lowest BCUT2D eigenvalue weighted by atomic mass is 9.80. The molecule has 46 heavy (non-hydrogen) atoms. The van der Waals surface area contributed by atoms with Gasteiger partial charge in [0.2, 0.25) is 0 Å². The zero-order valence-electron chi connectivity index (χ0n) is 29.4. The number of amides is 1. The van der Waals surface area contributed by atoms with Crippen LogP contribution in [0.25, 0.3) is 0 Å². The first-order valence-corrected chi connectivity index (χ1v) is 18.4. The predicted molar refractivity (Wildman–Crippen MR) is 186 cm³/mol. The Morgan fingerprint density at radius 2 is 1.39 bits per heavy atom. The molecular weight excluding hydrogens is 580 g/mol. The quantitative estimate of drug-likeness (QED) is 0.117. The van der Waals surface area contributed by atoms with E-state index in [2.05, 4.69) is 34.9 Å². The molecular formula is C37H64N4O5. The summed E-state index contributed by atoms with van der Waals surface area (Å²) in [5, 5.41) is 17.0. The second-order valence-corrected chi connectivity index (χ2v) is 14.0. The first kappa shape index (κ1) is 38.2. The van der Waals surface area contributed by atoms with Gasteiger partial charge in [0.25, 0.3) is 5.91 Å². The van der Waals surface area contributed by atoms with Crippen LogP contribution in [0.5, 0.6) is 0 Å². The Morgan fingerprint density at radius 1 is 0.826 bits per heavy atom. The molecule has 1 saturated heterocycles. The third-order valence-electron chi connectivity index (χ3n) is 9.94. The van der Waals surface area contributed by atoms with Gasteiger partial charge in [0.1, 0.15) is 6.04 Å². The second kappa shape index (κ2) is 20.9. The molecule has 2 aliphatic carbocycles. The number of hydroxylamine groups is 1. The molecule has 2 atom stereocenters. The van der Waals surface area contributed by atoms with Gasteiger partial charge >= 0.3 is 5.97 Å². The molecule has 9 heteroatoms. The fraction of sp³-hybridized carbons (Fsp3) is 0.784. The summed E-state index contributed by atoms with van der Waals surface area (Å²) in [6.45, 7) is 15.6. The largest absolute Gasteiger partial charge is 0.480 e. The highest BCUT2D eigenvalue weighted by Crippen LogP contribution is 2.30. The minimum absolute atomic E-state index is 0.270. The maximum Gasteiger partial charge on any atom is 0.320 e. The summed E-state index contributed by atoms with van der Waals surface area (Å²) < 4.78 is 5.53. The van der Waals surface area contributed by atoms with Gasteiger partial charge in [0.15, 0.2) is 6.29 Å². The third-order valence-corrected chi connectivity index (χ3v) is 9.94. The molecule has 3 aliphatic rings. The number of hydrogen-bond donors (Lipinski definition) is 4. The van der Waals surface area contributed by atoms with Gasteiger partial charge in [-0.15, -0.1) is 0 Å². The van der Waals surface area contributed by atoms with Crippen molar-refractivity contribution in [2.75, 3.05) is 44.2 Å². The molecule has 0 radical (unpaired) electrons. The van der Waals surface area contributed by atoms with E-state index >= 15 is 0 Å². The highest BCUT2D eigenvalue weighted by atomic mass is 16.8. The number of aliphatic carboxylic acids is 1. The molecule has 1 aromatic carbocycles. The Labute approximate surface area is 278 Å². The molecule has 2 unspecified atom stereocenters. The van der Waals surface area contributed by atoms with E-state index in [0.717, 1.165) is 57.2 Å². The summed E-state index contributed by atoms with van der Waals surface area (Å²) in [6.07, 6.45) is 12.4. The first-order valence-electron chi connectivity index (χ1n) is 18.4. The van der Waals surface area contributed by atoms with Crippen LogP contribution in [0.3, 0.4) is 0 Å². The number of carboxylic acids is 1. The van der Waals surface area contributed by atoms with Crippen molar-refractivity contribution < 1.29 is 24.3 Å². The summed E-state index contributed by atoms with van der Waals surface area (Å²) in [6, 6.07) is 7.39. The molecule has 1 aromatic rings. The van der Waals surface area contributed by atoms with Gasteiger partial charge in [0, 0.05) is 24.3 Å². The number of piperidine rings is 1. The van der Waals surface area contributed by atoms with Crippen molar-refractivity contribution in [1.82, 2.24) is 16.1 Å². The lowest BCUT2D eigenvalue weighted by Crippen LogP contribution is -2.46. The monoisotopic (exact) mass is 644 g/mol. The molecule has 4 N–H and O–H groups in total. The Morgan fingerprint density at radius 3 is 1.96 bits per heavy atom. The van der Waals surface area contributed by atoms with Crippen LogP contribution in [0.2, 0.25) is 0 Å². The van der Waals surface area contributed by atoms with Crippen LogP contribution in [0.4, 0.5) is 5.69 Å². The lowest BCUT2D eigenvalue weighted by Gasteiger charge is -2.35. The Bertz CT molecular complexity index is 984. The van der Waals surface area contributed by atoms with E-state index in [1.807, 2.05) is 38.1 Å². The number of rotatable bonds is 16. The fourth-order valence-corrected chi connectivity index (χ4v) is 7.12. The normalized spacial score (nSPS) is 22.5. The van der Waals surface area contributed by atoms with E-state index < -0.39 is 12.3 Å². The standard InChI is InChI=1S/C35H58N4O5.C2H6/c1-25(2)24-43-26(3)44-38-34(40)31-13-15-32(16-14-31)39-19-17-29(18-20-39)22-36-21-27-9-11-28(12-10-27)23-37-33(35(41)42)30-7-5-4-6-8-30;1-2/h13-16,25-30,33,36-37H,4-12,17-24H2,1-3H3,(H,38,40)(H,41,42);1-2H3. The van der Waals surface area contributed by atoms with Crippen molar-refractivity contribution >= 4 is 17.6 Å². The van der Waals surface area contributed by atoms with Gasteiger partial charge < -0.3 is 25.4 Å². The van der Waals surface area contributed by atoms with Crippen LogP contribution in [0.1, 0.15) is 116 Å². The van der Waals surface area contributed by atoms with E-state index in [-0.39, 0.29) is 11.9 Å². The van der Waals surface area contributed by atoms with E-state index in [4.69, 9.17) is 9.57 Å². The Balaban J connectivity index is 0.00000282. The topological polar surface area (TPSA) is 112 Å². The van der Waals surface area contributed by atoms with E-state index in [1.54, 1.807) is 6.92 Å². The van der Waals surface area contributed by atoms with Gasteiger partial charge in [-0.2, -0.15) is 0 Å².